The maximum Gasteiger partial charge on any atom is 0.358 e. The van der Waals surface area contributed by atoms with Crippen LogP contribution in [0.15, 0.2) is 30.3 Å². The average molecular weight is 497 g/mol. The Morgan fingerprint density at radius 2 is 1.86 bits per heavy atom. The van der Waals surface area contributed by atoms with Gasteiger partial charge in [0.25, 0.3) is 5.91 Å². The molecule has 2 aliphatic rings. The second kappa shape index (κ2) is 10.7. The third-order valence-corrected chi connectivity index (χ3v) is 6.85. The highest BCUT2D eigenvalue weighted by atomic mass is 16.5. The monoisotopic (exact) mass is 496 g/mol. The maximum atomic E-state index is 13.7. The zero-order valence-corrected chi connectivity index (χ0v) is 21.6. The highest BCUT2D eigenvalue weighted by molar-refractivity contribution is 6.01. The van der Waals surface area contributed by atoms with Crippen LogP contribution in [0.3, 0.4) is 0 Å². The van der Waals surface area contributed by atoms with E-state index in [4.69, 9.17) is 9.47 Å². The van der Waals surface area contributed by atoms with Gasteiger partial charge in [-0.1, -0.05) is 31.4 Å². The molecule has 1 fully saturated rings. The molecule has 4 rings (SSSR count). The van der Waals surface area contributed by atoms with Crippen LogP contribution in [0.25, 0.3) is 0 Å². The summed E-state index contributed by atoms with van der Waals surface area (Å²) in [4.78, 5) is 41.3. The fourth-order valence-corrected chi connectivity index (χ4v) is 4.91. The fourth-order valence-electron chi connectivity index (χ4n) is 4.91. The number of hydrogen-bond donors (Lipinski definition) is 1. The molecule has 1 N–H and O–H groups in total. The van der Waals surface area contributed by atoms with Crippen LogP contribution in [0, 0.1) is 0 Å². The van der Waals surface area contributed by atoms with Crippen molar-refractivity contribution in [1.82, 2.24) is 20.0 Å². The smallest absolute Gasteiger partial charge is 0.358 e. The molecule has 1 unspecified atom stereocenters. The SMILES string of the molecule is CCOC(=O)c1cc2n(n1)CC(C)(C(=O)NC1CCCCC1)N(Cc1ccc(OC(C)C)cc1)C2=O. The van der Waals surface area contributed by atoms with Gasteiger partial charge in [-0.2, -0.15) is 5.10 Å². The van der Waals surface area contributed by atoms with Crippen molar-refractivity contribution >= 4 is 17.8 Å². The Labute approximate surface area is 212 Å². The number of nitrogens with zero attached hydrogens (tertiary/aromatic N) is 3. The molecule has 1 saturated carbocycles. The molecule has 1 atom stereocenters. The number of carbonyl (C=O) groups excluding carboxylic acids is 3. The first kappa shape index (κ1) is 25.7. The number of rotatable bonds is 8. The third kappa shape index (κ3) is 5.39. The molecule has 194 valence electrons. The molecular formula is C27H36N4O5. The summed E-state index contributed by atoms with van der Waals surface area (Å²) in [7, 11) is 0. The van der Waals surface area contributed by atoms with Gasteiger partial charge in [-0.3, -0.25) is 14.3 Å². The highest BCUT2D eigenvalue weighted by Crippen LogP contribution is 2.31. The Kier molecular flexibility index (Phi) is 7.66. The van der Waals surface area contributed by atoms with Gasteiger partial charge in [0.05, 0.1) is 19.3 Å². The lowest BCUT2D eigenvalue weighted by Gasteiger charge is -2.44. The van der Waals surface area contributed by atoms with Crippen LogP contribution in [0.4, 0.5) is 0 Å². The van der Waals surface area contributed by atoms with Gasteiger partial charge in [-0.05, 0) is 58.2 Å². The van der Waals surface area contributed by atoms with E-state index in [0.29, 0.717) is 0 Å². The molecule has 9 nitrogen and oxygen atoms in total. The fraction of sp³-hybridized carbons (Fsp3) is 0.556. The summed E-state index contributed by atoms with van der Waals surface area (Å²) in [5, 5.41) is 7.51. The van der Waals surface area contributed by atoms with E-state index in [2.05, 4.69) is 10.4 Å². The number of carbonyl (C=O) groups is 3. The second-order valence-corrected chi connectivity index (χ2v) is 10.1. The summed E-state index contributed by atoms with van der Waals surface area (Å²) >= 11 is 0. The van der Waals surface area contributed by atoms with Crippen molar-refractivity contribution in [3.63, 3.8) is 0 Å². The van der Waals surface area contributed by atoms with Crippen LogP contribution in [0.5, 0.6) is 5.75 Å². The van der Waals surface area contributed by atoms with Crippen LogP contribution in [-0.4, -0.2) is 56.8 Å². The minimum atomic E-state index is -1.19. The number of nitrogens with one attached hydrogen (secondary N) is 1. The first-order valence-electron chi connectivity index (χ1n) is 12.8. The number of aromatic nitrogens is 2. The molecule has 2 aromatic rings. The van der Waals surface area contributed by atoms with Crippen LogP contribution >= 0.6 is 0 Å². The quantitative estimate of drug-likeness (QED) is 0.559. The normalized spacial score (nSPS) is 20.2. The summed E-state index contributed by atoms with van der Waals surface area (Å²) in [6.45, 7) is 7.99. The minimum Gasteiger partial charge on any atom is -0.491 e. The van der Waals surface area contributed by atoms with Crippen molar-refractivity contribution in [2.75, 3.05) is 6.61 Å². The molecule has 1 aliphatic heterocycles. The van der Waals surface area contributed by atoms with E-state index in [1.807, 2.05) is 38.1 Å². The standard InChI is InChI=1S/C27H36N4O5/c1-5-35-25(33)22-15-23-24(32)30(16-19-11-13-21(14-12-19)36-18(2)3)27(4,17-31(23)29-22)26(34)28-20-9-7-6-8-10-20/h11-15,18,20H,5-10,16-17H2,1-4H3,(H,28,34). The van der Waals surface area contributed by atoms with Gasteiger partial charge in [-0.15, -0.1) is 0 Å². The molecule has 0 radical (unpaired) electrons. The lowest BCUT2D eigenvalue weighted by atomic mass is 9.91. The van der Waals surface area contributed by atoms with Gasteiger partial charge < -0.3 is 19.7 Å². The predicted octanol–water partition coefficient (Wildman–Crippen LogP) is 3.71. The molecule has 1 aliphatic carbocycles. The highest BCUT2D eigenvalue weighted by Gasteiger charge is 2.48. The first-order valence-corrected chi connectivity index (χ1v) is 12.8. The van der Waals surface area contributed by atoms with E-state index in [-0.39, 0.29) is 55.0 Å². The van der Waals surface area contributed by atoms with E-state index >= 15 is 0 Å². The summed E-state index contributed by atoms with van der Waals surface area (Å²) in [6, 6.07) is 9.09. The Morgan fingerprint density at radius 3 is 2.50 bits per heavy atom. The molecule has 9 heteroatoms. The molecule has 0 spiro atoms. The molecule has 0 bridgehead atoms. The van der Waals surface area contributed by atoms with Gasteiger partial charge in [0, 0.05) is 18.7 Å². The summed E-state index contributed by atoms with van der Waals surface area (Å²) in [5.41, 5.74) is 0.00909. The van der Waals surface area contributed by atoms with Crippen LogP contribution < -0.4 is 10.1 Å². The molecule has 36 heavy (non-hydrogen) atoms. The van der Waals surface area contributed by atoms with Crippen molar-refractivity contribution in [3.8, 4) is 5.75 Å². The molecule has 2 heterocycles. The lowest BCUT2D eigenvalue weighted by Crippen LogP contribution is -2.64. The number of hydrogen-bond acceptors (Lipinski definition) is 6. The molecule has 2 amide bonds. The Bertz CT molecular complexity index is 1100. The number of amides is 2. The van der Waals surface area contributed by atoms with Crippen molar-refractivity contribution in [2.24, 2.45) is 0 Å². The summed E-state index contributed by atoms with van der Waals surface area (Å²) in [5.74, 6) is -0.407. The average Bonchev–Trinajstić information content (AvgIpc) is 3.27. The Hall–Kier alpha value is -3.36. The zero-order chi connectivity index (χ0) is 25.9. The van der Waals surface area contributed by atoms with Crippen molar-refractivity contribution in [1.29, 1.82) is 0 Å². The van der Waals surface area contributed by atoms with E-state index in [9.17, 15) is 14.4 Å². The van der Waals surface area contributed by atoms with Gasteiger partial charge in [0.15, 0.2) is 5.69 Å². The van der Waals surface area contributed by atoms with Crippen molar-refractivity contribution < 1.29 is 23.9 Å². The third-order valence-electron chi connectivity index (χ3n) is 6.85. The van der Waals surface area contributed by atoms with E-state index in [1.165, 1.54) is 17.2 Å². The van der Waals surface area contributed by atoms with Crippen LogP contribution in [0.1, 0.15) is 86.3 Å². The Balaban J connectivity index is 1.64. The largest absolute Gasteiger partial charge is 0.491 e. The van der Waals surface area contributed by atoms with Crippen LogP contribution in [-0.2, 0) is 22.6 Å². The van der Waals surface area contributed by atoms with Crippen molar-refractivity contribution in [2.45, 2.75) is 90.6 Å². The van der Waals surface area contributed by atoms with Gasteiger partial charge in [-0.25, -0.2) is 4.79 Å². The number of esters is 1. The number of ether oxygens (including phenoxy) is 2. The summed E-state index contributed by atoms with van der Waals surface area (Å²) < 4.78 is 12.3. The summed E-state index contributed by atoms with van der Waals surface area (Å²) in [6.07, 6.45) is 5.28. The molecule has 1 aromatic heterocycles. The van der Waals surface area contributed by atoms with Gasteiger partial charge >= 0.3 is 5.97 Å². The first-order chi connectivity index (χ1) is 17.2. The zero-order valence-electron chi connectivity index (χ0n) is 21.6. The van der Waals surface area contributed by atoms with E-state index in [0.717, 1.165) is 37.0 Å². The van der Waals surface area contributed by atoms with Gasteiger partial charge in [0.1, 0.15) is 17.0 Å². The van der Waals surface area contributed by atoms with E-state index < -0.39 is 11.5 Å². The van der Waals surface area contributed by atoms with Crippen LogP contribution in [0.2, 0.25) is 0 Å². The van der Waals surface area contributed by atoms with Crippen molar-refractivity contribution in [3.05, 3.63) is 47.3 Å². The Morgan fingerprint density at radius 1 is 1.17 bits per heavy atom. The number of benzene rings is 1. The topological polar surface area (TPSA) is 103 Å². The predicted molar refractivity (Wildman–Crippen MR) is 134 cm³/mol. The lowest BCUT2D eigenvalue weighted by molar-refractivity contribution is -0.134. The van der Waals surface area contributed by atoms with Gasteiger partial charge in [0.2, 0.25) is 5.91 Å². The molecular weight excluding hydrogens is 460 g/mol. The second-order valence-electron chi connectivity index (χ2n) is 10.1. The number of fused-ring (bicyclic) bond motifs is 1. The molecule has 0 saturated heterocycles. The van der Waals surface area contributed by atoms with E-state index in [1.54, 1.807) is 18.7 Å². The maximum absolute atomic E-state index is 13.7. The molecule has 1 aromatic carbocycles. The minimum absolute atomic E-state index is 0.0557.